The Morgan fingerprint density at radius 2 is 1.94 bits per heavy atom. The van der Waals surface area contributed by atoms with Gasteiger partial charge in [0, 0.05) is 11.2 Å². The first-order valence-corrected chi connectivity index (χ1v) is 10.0. The quantitative estimate of drug-likeness (QED) is 0.471. The molecule has 0 radical (unpaired) electrons. The fourth-order valence-electron chi connectivity index (χ4n) is 2.95. The van der Waals surface area contributed by atoms with Crippen molar-refractivity contribution in [2.24, 2.45) is 0 Å². The fraction of sp³-hybridized carbons (Fsp3) is 0.182. The highest BCUT2D eigenvalue weighted by molar-refractivity contribution is 6.31. The number of rotatable bonds is 7. The van der Waals surface area contributed by atoms with E-state index in [1.165, 1.54) is 6.33 Å². The van der Waals surface area contributed by atoms with Gasteiger partial charge in [-0.1, -0.05) is 41.9 Å². The van der Waals surface area contributed by atoms with E-state index in [4.69, 9.17) is 16.3 Å². The van der Waals surface area contributed by atoms with E-state index in [2.05, 4.69) is 20.5 Å². The second-order valence-electron chi connectivity index (χ2n) is 7.09. The third-order valence-corrected chi connectivity index (χ3v) is 4.99. The van der Waals surface area contributed by atoms with Crippen LogP contribution in [0.15, 0.2) is 61.1 Å². The molecule has 0 saturated heterocycles. The normalized spacial score (nSPS) is 10.8. The van der Waals surface area contributed by atoms with Gasteiger partial charge in [-0.2, -0.15) is 5.10 Å². The van der Waals surface area contributed by atoms with Crippen molar-refractivity contribution in [2.45, 2.75) is 27.1 Å². The molecule has 0 aliphatic carbocycles. The smallest absolute Gasteiger partial charge is 0.278 e. The summed E-state index contributed by atoms with van der Waals surface area (Å²) in [6.07, 6.45) is 3.22. The molecule has 8 nitrogen and oxygen atoms in total. The van der Waals surface area contributed by atoms with Crippen LogP contribution in [-0.2, 0) is 13.3 Å². The molecule has 158 valence electrons. The minimum atomic E-state index is -0.402. The van der Waals surface area contributed by atoms with E-state index in [1.54, 1.807) is 21.6 Å². The van der Waals surface area contributed by atoms with Crippen molar-refractivity contribution >= 4 is 23.5 Å². The highest BCUT2D eigenvalue weighted by atomic mass is 35.5. The van der Waals surface area contributed by atoms with Crippen molar-refractivity contribution in [2.75, 3.05) is 5.32 Å². The summed E-state index contributed by atoms with van der Waals surface area (Å²) in [5, 5.41) is 11.8. The molecule has 1 N–H and O–H groups in total. The zero-order chi connectivity index (χ0) is 21.8. The lowest BCUT2D eigenvalue weighted by molar-refractivity contribution is 0.101. The highest BCUT2D eigenvalue weighted by Gasteiger charge is 2.13. The number of aryl methyl sites for hydroxylation is 2. The minimum absolute atomic E-state index is 0.193. The maximum absolute atomic E-state index is 12.5. The lowest BCUT2D eigenvalue weighted by Crippen LogP contribution is -2.15. The van der Waals surface area contributed by atoms with E-state index in [0.29, 0.717) is 11.6 Å². The van der Waals surface area contributed by atoms with Gasteiger partial charge in [-0.25, -0.2) is 14.3 Å². The van der Waals surface area contributed by atoms with E-state index in [0.717, 1.165) is 22.4 Å². The number of nitrogens with one attached hydrogen (secondary N) is 1. The van der Waals surface area contributed by atoms with Gasteiger partial charge in [-0.15, -0.1) is 5.10 Å². The molecule has 0 saturated carbocycles. The van der Waals surface area contributed by atoms with Crippen LogP contribution in [-0.4, -0.2) is 30.5 Å². The number of amides is 1. The first kappa shape index (κ1) is 20.6. The molecule has 4 aromatic rings. The number of halogens is 1. The number of anilines is 1. The maximum Gasteiger partial charge on any atom is 0.278 e. The molecule has 2 heterocycles. The second-order valence-corrected chi connectivity index (χ2v) is 7.50. The molecule has 1 amide bonds. The summed E-state index contributed by atoms with van der Waals surface area (Å²) in [5.41, 5.74) is 3.30. The Bertz CT molecular complexity index is 1220. The summed E-state index contributed by atoms with van der Waals surface area (Å²) in [4.78, 5) is 16.6. The van der Waals surface area contributed by atoms with Crippen LogP contribution in [0.5, 0.6) is 5.75 Å². The molecule has 0 spiro atoms. The van der Waals surface area contributed by atoms with Gasteiger partial charge in [-0.05, 0) is 48.7 Å². The number of benzene rings is 2. The third-order valence-electron chi connectivity index (χ3n) is 4.62. The third kappa shape index (κ3) is 5.10. The van der Waals surface area contributed by atoms with Gasteiger partial charge < -0.3 is 4.74 Å². The Labute approximate surface area is 184 Å². The Morgan fingerprint density at radius 3 is 2.77 bits per heavy atom. The van der Waals surface area contributed by atoms with Crippen LogP contribution in [0.4, 0.5) is 5.95 Å². The van der Waals surface area contributed by atoms with Crippen LogP contribution in [0.1, 0.15) is 27.2 Å². The maximum atomic E-state index is 12.5. The van der Waals surface area contributed by atoms with Crippen LogP contribution in [0, 0.1) is 13.8 Å². The zero-order valence-electron chi connectivity index (χ0n) is 17.1. The van der Waals surface area contributed by atoms with E-state index >= 15 is 0 Å². The van der Waals surface area contributed by atoms with E-state index in [1.807, 2.05) is 56.3 Å². The zero-order valence-corrected chi connectivity index (χ0v) is 17.9. The van der Waals surface area contributed by atoms with Gasteiger partial charge in [0.2, 0.25) is 5.95 Å². The predicted octanol–water partition coefficient (Wildman–Crippen LogP) is 4.08. The van der Waals surface area contributed by atoms with Crippen LogP contribution in [0.3, 0.4) is 0 Å². The van der Waals surface area contributed by atoms with Crippen molar-refractivity contribution < 1.29 is 9.53 Å². The van der Waals surface area contributed by atoms with Crippen LogP contribution in [0.25, 0.3) is 0 Å². The van der Waals surface area contributed by atoms with Crippen molar-refractivity contribution in [1.29, 1.82) is 0 Å². The van der Waals surface area contributed by atoms with Crippen molar-refractivity contribution in [3.8, 4) is 5.75 Å². The largest absolute Gasteiger partial charge is 0.471 e. The summed E-state index contributed by atoms with van der Waals surface area (Å²) in [7, 11) is 0. The average molecular weight is 437 g/mol. The number of ether oxygens (including phenoxy) is 1. The minimum Gasteiger partial charge on any atom is -0.471 e. The fourth-order valence-corrected chi connectivity index (χ4v) is 3.14. The summed E-state index contributed by atoms with van der Waals surface area (Å²) in [6.45, 7) is 4.64. The van der Waals surface area contributed by atoms with Gasteiger partial charge in [0.05, 0.1) is 6.54 Å². The molecule has 0 aliphatic heterocycles. The summed E-state index contributed by atoms with van der Waals surface area (Å²) in [5.74, 6) is 0.578. The molecule has 31 heavy (non-hydrogen) atoms. The predicted molar refractivity (Wildman–Crippen MR) is 117 cm³/mol. The van der Waals surface area contributed by atoms with Gasteiger partial charge >= 0.3 is 0 Å². The Balaban J connectivity index is 1.35. The standard InChI is InChI=1S/C22H21ClN6O2/c1-15-7-8-16(2)20(11-15)31-14-28-10-9-19(26-28)21(30)25-22-24-13-29(27-22)12-17-5-3-4-6-18(17)23/h3-11,13H,12,14H2,1-2H3,(H,25,27,30). The molecule has 0 atom stereocenters. The number of aromatic nitrogens is 5. The second kappa shape index (κ2) is 9.01. The highest BCUT2D eigenvalue weighted by Crippen LogP contribution is 2.19. The summed E-state index contributed by atoms with van der Waals surface area (Å²) >= 11 is 6.18. The Hall–Kier alpha value is -3.65. The van der Waals surface area contributed by atoms with Gasteiger partial charge in [0.1, 0.15) is 12.1 Å². The van der Waals surface area contributed by atoms with Crippen LogP contribution < -0.4 is 10.1 Å². The number of hydrogen-bond acceptors (Lipinski definition) is 5. The molecule has 0 fully saturated rings. The molecule has 0 bridgehead atoms. The number of carbonyl (C=O) groups is 1. The van der Waals surface area contributed by atoms with E-state index in [-0.39, 0.29) is 18.4 Å². The van der Waals surface area contributed by atoms with Gasteiger partial charge in [0.15, 0.2) is 12.4 Å². The SMILES string of the molecule is Cc1ccc(C)c(OCn2ccc(C(=O)Nc3ncn(Cc4ccccc4Cl)n3)n2)c1. The number of carbonyl (C=O) groups excluding carboxylic acids is 1. The topological polar surface area (TPSA) is 86.9 Å². The first-order valence-electron chi connectivity index (χ1n) is 9.65. The van der Waals surface area contributed by atoms with Gasteiger partial charge in [0.25, 0.3) is 5.91 Å². The number of hydrogen-bond donors (Lipinski definition) is 1. The van der Waals surface area contributed by atoms with Crippen LogP contribution >= 0.6 is 11.6 Å². The van der Waals surface area contributed by atoms with Gasteiger partial charge in [-0.3, -0.25) is 10.1 Å². The number of nitrogens with zero attached hydrogens (tertiary/aromatic N) is 5. The lowest BCUT2D eigenvalue weighted by atomic mass is 10.1. The Morgan fingerprint density at radius 1 is 1.10 bits per heavy atom. The molecule has 4 rings (SSSR count). The average Bonchev–Trinajstić information content (AvgIpc) is 3.40. The molecule has 0 aliphatic rings. The van der Waals surface area contributed by atoms with Crippen molar-refractivity contribution in [3.05, 3.63) is 88.5 Å². The first-order chi connectivity index (χ1) is 15.0. The van der Waals surface area contributed by atoms with Crippen molar-refractivity contribution in [3.63, 3.8) is 0 Å². The van der Waals surface area contributed by atoms with Crippen LogP contribution in [0.2, 0.25) is 5.02 Å². The van der Waals surface area contributed by atoms with Crippen molar-refractivity contribution in [1.82, 2.24) is 24.5 Å². The molecular formula is C22H21ClN6O2. The molecule has 2 aromatic carbocycles. The monoisotopic (exact) mass is 436 g/mol. The molecule has 2 aromatic heterocycles. The Kier molecular flexibility index (Phi) is 5.99. The lowest BCUT2D eigenvalue weighted by Gasteiger charge is -2.09. The molecule has 0 unspecified atom stereocenters. The van der Waals surface area contributed by atoms with E-state index in [9.17, 15) is 4.79 Å². The summed E-state index contributed by atoms with van der Waals surface area (Å²) < 4.78 is 8.97. The van der Waals surface area contributed by atoms with E-state index < -0.39 is 5.91 Å². The molecular weight excluding hydrogens is 416 g/mol. The molecule has 9 heteroatoms. The summed E-state index contributed by atoms with van der Waals surface area (Å²) in [6, 6.07) is 15.1.